The Morgan fingerprint density at radius 1 is 0.800 bits per heavy atom. The lowest BCUT2D eigenvalue weighted by Crippen LogP contribution is -2.46. The predicted octanol–water partition coefficient (Wildman–Crippen LogP) is 3.44. The number of rotatable bonds is 2. The molecule has 0 N–H and O–H groups in total. The summed E-state index contributed by atoms with van der Waals surface area (Å²) in [5.41, 5.74) is 0. The van der Waals surface area contributed by atoms with Crippen LogP contribution in [0.25, 0.3) is 0 Å². The summed E-state index contributed by atoms with van der Waals surface area (Å²) in [5.74, 6) is 2.07. The molecule has 0 aromatic heterocycles. The molecule has 2 aliphatic heterocycles. The van der Waals surface area contributed by atoms with Crippen LogP contribution in [-0.2, 0) is 0 Å². The third-order valence-electron chi connectivity index (χ3n) is 4.97. The summed E-state index contributed by atoms with van der Waals surface area (Å²) in [6.45, 7) is 10.8. The molecule has 0 aliphatic carbocycles. The van der Waals surface area contributed by atoms with Crippen molar-refractivity contribution in [2.75, 3.05) is 26.2 Å². The van der Waals surface area contributed by atoms with Crippen LogP contribution in [-0.4, -0.2) is 30.7 Å². The highest BCUT2D eigenvalue weighted by Crippen LogP contribution is 2.36. The van der Waals surface area contributed by atoms with Crippen LogP contribution >= 0.6 is 0 Å². The largest absolute Gasteiger partial charge is 0.323 e. The number of quaternary nitrogens is 1. The molecule has 2 saturated heterocycles. The zero-order valence-electron chi connectivity index (χ0n) is 10.7. The molecular formula is C14H28N+. The second kappa shape index (κ2) is 4.86. The van der Waals surface area contributed by atoms with Crippen molar-refractivity contribution in [3.8, 4) is 0 Å². The van der Waals surface area contributed by atoms with E-state index in [9.17, 15) is 0 Å². The molecule has 2 unspecified atom stereocenters. The number of nitrogens with zero attached hydrogens (tertiary/aromatic N) is 1. The molecule has 15 heavy (non-hydrogen) atoms. The first-order chi connectivity index (χ1) is 7.29. The van der Waals surface area contributed by atoms with Crippen LogP contribution in [0.3, 0.4) is 0 Å². The fourth-order valence-electron chi connectivity index (χ4n) is 4.02. The lowest BCUT2D eigenvalue weighted by molar-refractivity contribution is -0.918. The summed E-state index contributed by atoms with van der Waals surface area (Å²) in [6, 6.07) is 0. The quantitative estimate of drug-likeness (QED) is 0.612. The van der Waals surface area contributed by atoms with Gasteiger partial charge in [0.25, 0.3) is 0 Å². The monoisotopic (exact) mass is 210 g/mol. The Balaban J connectivity index is 2.03. The summed E-state index contributed by atoms with van der Waals surface area (Å²) in [6.07, 6.45) is 8.80. The van der Waals surface area contributed by atoms with Crippen molar-refractivity contribution in [2.45, 2.75) is 52.4 Å². The lowest BCUT2D eigenvalue weighted by atomic mass is 9.92. The van der Waals surface area contributed by atoms with E-state index >= 15 is 0 Å². The van der Waals surface area contributed by atoms with Crippen molar-refractivity contribution in [3.63, 3.8) is 0 Å². The maximum atomic E-state index is 2.40. The van der Waals surface area contributed by atoms with Gasteiger partial charge in [0.05, 0.1) is 26.2 Å². The van der Waals surface area contributed by atoms with E-state index in [4.69, 9.17) is 0 Å². The van der Waals surface area contributed by atoms with Crippen molar-refractivity contribution >= 4 is 0 Å². The molecule has 0 radical (unpaired) electrons. The third kappa shape index (κ3) is 2.38. The molecular weight excluding hydrogens is 182 g/mol. The third-order valence-corrected chi connectivity index (χ3v) is 4.97. The second-order valence-corrected chi connectivity index (χ2v) is 5.90. The summed E-state index contributed by atoms with van der Waals surface area (Å²) < 4.78 is 1.50. The molecule has 0 aromatic carbocycles. The molecule has 0 saturated carbocycles. The first kappa shape index (κ1) is 11.4. The van der Waals surface area contributed by atoms with Crippen LogP contribution in [0.1, 0.15) is 52.4 Å². The molecule has 0 bridgehead atoms. The summed E-state index contributed by atoms with van der Waals surface area (Å²) in [7, 11) is 0. The molecule has 0 aromatic rings. The molecule has 88 valence electrons. The van der Waals surface area contributed by atoms with Crippen LogP contribution in [0.4, 0.5) is 0 Å². The predicted molar refractivity (Wildman–Crippen MR) is 65.8 cm³/mol. The lowest BCUT2D eigenvalue weighted by Gasteiger charge is -2.33. The Morgan fingerprint density at radius 2 is 1.27 bits per heavy atom. The minimum Gasteiger partial charge on any atom is -0.323 e. The van der Waals surface area contributed by atoms with Gasteiger partial charge in [-0.25, -0.2) is 0 Å². The van der Waals surface area contributed by atoms with Gasteiger partial charge in [-0.1, -0.05) is 13.8 Å². The number of hydrogen-bond donors (Lipinski definition) is 0. The van der Waals surface area contributed by atoms with Gasteiger partial charge in [-0.15, -0.1) is 0 Å². The zero-order valence-corrected chi connectivity index (χ0v) is 10.7. The van der Waals surface area contributed by atoms with Gasteiger partial charge < -0.3 is 4.48 Å². The maximum absolute atomic E-state index is 2.40. The van der Waals surface area contributed by atoms with Gasteiger partial charge in [-0.3, -0.25) is 0 Å². The smallest absolute Gasteiger partial charge is 0.0820 e. The van der Waals surface area contributed by atoms with Crippen molar-refractivity contribution < 1.29 is 4.48 Å². The normalized spacial score (nSPS) is 35.6. The number of hydrogen-bond acceptors (Lipinski definition) is 0. The van der Waals surface area contributed by atoms with Gasteiger partial charge >= 0.3 is 0 Å². The van der Waals surface area contributed by atoms with Crippen LogP contribution in [0.15, 0.2) is 0 Å². The van der Waals surface area contributed by atoms with E-state index in [1.54, 1.807) is 0 Å². The van der Waals surface area contributed by atoms with Crippen molar-refractivity contribution in [2.24, 2.45) is 11.8 Å². The molecule has 0 amide bonds. The van der Waals surface area contributed by atoms with E-state index in [-0.39, 0.29) is 0 Å². The summed E-state index contributed by atoms with van der Waals surface area (Å²) in [4.78, 5) is 0. The molecule has 2 fully saturated rings. The fraction of sp³-hybridized carbons (Fsp3) is 1.00. The molecule has 1 spiro atoms. The highest BCUT2D eigenvalue weighted by atomic mass is 15.4. The first-order valence-electron chi connectivity index (χ1n) is 7.15. The Hall–Kier alpha value is -0.0400. The maximum Gasteiger partial charge on any atom is 0.0820 e. The van der Waals surface area contributed by atoms with Crippen molar-refractivity contribution in [1.82, 2.24) is 0 Å². The van der Waals surface area contributed by atoms with Gasteiger partial charge in [0.15, 0.2) is 0 Å². The van der Waals surface area contributed by atoms with E-state index in [1.165, 1.54) is 69.2 Å². The van der Waals surface area contributed by atoms with Crippen LogP contribution < -0.4 is 0 Å². The van der Waals surface area contributed by atoms with Crippen LogP contribution in [0, 0.1) is 11.8 Å². The molecule has 2 heterocycles. The minimum atomic E-state index is 1.04. The van der Waals surface area contributed by atoms with Gasteiger partial charge in [0, 0.05) is 11.8 Å². The van der Waals surface area contributed by atoms with Gasteiger partial charge in [0.1, 0.15) is 0 Å². The van der Waals surface area contributed by atoms with E-state index in [0.717, 1.165) is 11.8 Å². The van der Waals surface area contributed by atoms with E-state index < -0.39 is 0 Å². The summed E-state index contributed by atoms with van der Waals surface area (Å²) in [5, 5.41) is 0. The van der Waals surface area contributed by atoms with Gasteiger partial charge in [-0.05, 0) is 38.5 Å². The standard InChI is InChI=1S/C14H28N/c1-3-13-11-15(12-14(13)4-2)9-7-5-6-8-10-15/h13-14H,3-12H2,1-2H3/q+1. The second-order valence-electron chi connectivity index (χ2n) is 5.90. The van der Waals surface area contributed by atoms with Crippen molar-refractivity contribution in [1.29, 1.82) is 0 Å². The van der Waals surface area contributed by atoms with Gasteiger partial charge in [0.2, 0.25) is 0 Å². The molecule has 1 heteroatoms. The Kier molecular flexibility index (Phi) is 3.71. The Bertz CT molecular complexity index is 178. The SMILES string of the molecule is CCC1C[N+]2(CCCCCC2)CC1CC. The van der Waals surface area contributed by atoms with Crippen LogP contribution in [0.2, 0.25) is 0 Å². The molecule has 2 aliphatic rings. The first-order valence-corrected chi connectivity index (χ1v) is 7.15. The molecule has 2 atom stereocenters. The van der Waals surface area contributed by atoms with Crippen LogP contribution in [0.5, 0.6) is 0 Å². The highest BCUT2D eigenvalue weighted by Gasteiger charge is 2.43. The topological polar surface area (TPSA) is 0 Å². The Labute approximate surface area is 95.4 Å². The molecule has 1 nitrogen and oxygen atoms in total. The average Bonchev–Trinajstić information content (AvgIpc) is 2.45. The fourth-order valence-corrected chi connectivity index (χ4v) is 4.02. The summed E-state index contributed by atoms with van der Waals surface area (Å²) >= 11 is 0. The van der Waals surface area contributed by atoms with Crippen molar-refractivity contribution in [3.05, 3.63) is 0 Å². The average molecular weight is 210 g/mol. The van der Waals surface area contributed by atoms with Gasteiger partial charge in [-0.2, -0.15) is 0 Å². The molecule has 2 rings (SSSR count). The highest BCUT2D eigenvalue weighted by molar-refractivity contribution is 4.76. The van der Waals surface area contributed by atoms with E-state index in [2.05, 4.69) is 13.8 Å². The zero-order chi connectivity index (χ0) is 10.7. The Morgan fingerprint density at radius 3 is 1.67 bits per heavy atom. The van der Waals surface area contributed by atoms with E-state index in [1.807, 2.05) is 0 Å². The minimum absolute atomic E-state index is 1.04. The van der Waals surface area contributed by atoms with E-state index in [0.29, 0.717) is 0 Å².